The van der Waals surface area contributed by atoms with Crippen molar-refractivity contribution in [2.45, 2.75) is 26.0 Å². The number of para-hydroxylation sites is 1. The van der Waals surface area contributed by atoms with Crippen molar-refractivity contribution in [3.63, 3.8) is 0 Å². The summed E-state index contributed by atoms with van der Waals surface area (Å²) in [6.07, 6.45) is 0.241. The summed E-state index contributed by atoms with van der Waals surface area (Å²) in [5.74, 6) is 0.737. The highest BCUT2D eigenvalue weighted by molar-refractivity contribution is 9.10. The van der Waals surface area contributed by atoms with Crippen LogP contribution in [0.3, 0.4) is 0 Å². The second kappa shape index (κ2) is 8.92. The second-order valence-electron chi connectivity index (χ2n) is 4.04. The molecule has 0 amide bonds. The largest absolute Gasteiger partial charge is 0.474 e. The molecule has 0 aliphatic rings. The number of ether oxygens (including phenoxy) is 2. The van der Waals surface area contributed by atoms with Crippen LogP contribution in [0.2, 0.25) is 0 Å². The zero-order chi connectivity index (χ0) is 14.1. The van der Waals surface area contributed by atoms with E-state index in [1.807, 2.05) is 25.1 Å². The molecule has 0 bridgehead atoms. The molecule has 0 fully saturated rings. The summed E-state index contributed by atoms with van der Waals surface area (Å²) in [6.45, 7) is 4.05. The third kappa shape index (κ3) is 5.19. The van der Waals surface area contributed by atoms with Gasteiger partial charge in [0.1, 0.15) is 11.8 Å². The van der Waals surface area contributed by atoms with Gasteiger partial charge in [-0.15, -0.1) is 0 Å². The molecular formula is C14H19BrN2O2. The van der Waals surface area contributed by atoms with Crippen molar-refractivity contribution in [2.24, 2.45) is 0 Å². The molecule has 1 N–H and O–H groups in total. The van der Waals surface area contributed by atoms with Gasteiger partial charge in [-0.25, -0.2) is 0 Å². The van der Waals surface area contributed by atoms with Gasteiger partial charge in [0.15, 0.2) is 6.10 Å². The summed E-state index contributed by atoms with van der Waals surface area (Å²) in [5, 5.41) is 12.3. The monoisotopic (exact) mass is 326 g/mol. The summed E-state index contributed by atoms with van der Waals surface area (Å²) in [5.41, 5.74) is 1.03. The van der Waals surface area contributed by atoms with Crippen molar-refractivity contribution >= 4 is 15.9 Å². The molecule has 104 valence electrons. The number of benzene rings is 1. The standard InChI is InChI=1S/C14H19BrN2O2/c1-3-12(9-16)19-14-11(5-4-6-13(14)15)10-17-7-8-18-2/h4-6,12,17H,3,7-8,10H2,1-2H3. The lowest BCUT2D eigenvalue weighted by Gasteiger charge is -2.16. The van der Waals surface area contributed by atoms with Gasteiger partial charge in [0.2, 0.25) is 0 Å². The van der Waals surface area contributed by atoms with Crippen molar-refractivity contribution in [3.05, 3.63) is 28.2 Å². The van der Waals surface area contributed by atoms with Gasteiger partial charge in [-0.3, -0.25) is 0 Å². The highest BCUT2D eigenvalue weighted by atomic mass is 79.9. The summed E-state index contributed by atoms with van der Waals surface area (Å²) in [6, 6.07) is 8.01. The Hall–Kier alpha value is -1.09. The minimum absolute atomic E-state index is 0.420. The van der Waals surface area contributed by atoms with Crippen LogP contribution >= 0.6 is 15.9 Å². The third-order valence-corrected chi connectivity index (χ3v) is 3.25. The van der Waals surface area contributed by atoms with Crippen LogP contribution in [0.25, 0.3) is 0 Å². The molecule has 0 radical (unpaired) electrons. The highest BCUT2D eigenvalue weighted by Crippen LogP contribution is 2.30. The van der Waals surface area contributed by atoms with Gasteiger partial charge in [-0.1, -0.05) is 19.1 Å². The van der Waals surface area contributed by atoms with Crippen LogP contribution in [-0.2, 0) is 11.3 Å². The molecule has 0 aliphatic carbocycles. The Morgan fingerprint density at radius 3 is 2.89 bits per heavy atom. The fourth-order valence-electron chi connectivity index (χ4n) is 1.57. The van der Waals surface area contributed by atoms with E-state index >= 15 is 0 Å². The average Bonchev–Trinajstić information content (AvgIpc) is 2.43. The van der Waals surface area contributed by atoms with E-state index in [0.29, 0.717) is 19.6 Å². The number of rotatable bonds is 8. The van der Waals surface area contributed by atoms with Gasteiger partial charge in [0.05, 0.1) is 11.1 Å². The van der Waals surface area contributed by atoms with Gasteiger partial charge in [-0.05, 0) is 28.4 Å². The predicted molar refractivity (Wildman–Crippen MR) is 78.0 cm³/mol. The van der Waals surface area contributed by atoms with Crippen LogP contribution in [0.1, 0.15) is 18.9 Å². The molecule has 0 aliphatic heterocycles. The summed E-state index contributed by atoms with van der Waals surface area (Å²) < 4.78 is 11.6. The molecule has 0 spiro atoms. The molecule has 1 unspecified atom stereocenters. The minimum Gasteiger partial charge on any atom is -0.474 e. The Balaban J connectivity index is 2.74. The topological polar surface area (TPSA) is 54.3 Å². The van der Waals surface area contributed by atoms with Crippen LogP contribution in [-0.4, -0.2) is 26.4 Å². The maximum atomic E-state index is 8.99. The first-order valence-electron chi connectivity index (χ1n) is 6.26. The number of methoxy groups -OCH3 is 1. The Bertz CT molecular complexity index is 432. The van der Waals surface area contributed by atoms with Crippen molar-refractivity contribution in [2.75, 3.05) is 20.3 Å². The Labute approximate surface area is 122 Å². The van der Waals surface area contributed by atoms with Crippen molar-refractivity contribution in [1.29, 1.82) is 5.26 Å². The molecule has 19 heavy (non-hydrogen) atoms. The van der Waals surface area contributed by atoms with Gasteiger partial charge in [-0.2, -0.15) is 5.26 Å². The molecule has 0 aromatic heterocycles. The summed E-state index contributed by atoms with van der Waals surface area (Å²) in [7, 11) is 1.67. The maximum Gasteiger partial charge on any atom is 0.184 e. The fourth-order valence-corrected chi connectivity index (χ4v) is 2.07. The fraction of sp³-hybridized carbons (Fsp3) is 0.500. The Kier molecular flexibility index (Phi) is 7.49. The van der Waals surface area contributed by atoms with Crippen LogP contribution < -0.4 is 10.1 Å². The lowest BCUT2D eigenvalue weighted by Crippen LogP contribution is -2.20. The zero-order valence-corrected chi connectivity index (χ0v) is 12.9. The molecular weight excluding hydrogens is 308 g/mol. The van der Waals surface area contributed by atoms with Crippen molar-refractivity contribution in [1.82, 2.24) is 5.32 Å². The molecule has 0 heterocycles. The van der Waals surface area contributed by atoms with E-state index in [1.165, 1.54) is 0 Å². The minimum atomic E-state index is -0.420. The van der Waals surface area contributed by atoms with Crippen LogP contribution in [0.5, 0.6) is 5.75 Å². The zero-order valence-electron chi connectivity index (χ0n) is 11.3. The Morgan fingerprint density at radius 1 is 1.47 bits per heavy atom. The van der Waals surface area contributed by atoms with E-state index in [1.54, 1.807) is 7.11 Å². The SMILES string of the molecule is CCC(C#N)Oc1c(Br)cccc1CNCCOC. The van der Waals surface area contributed by atoms with Crippen molar-refractivity contribution < 1.29 is 9.47 Å². The molecule has 0 saturated heterocycles. The average molecular weight is 327 g/mol. The van der Waals surface area contributed by atoms with Gasteiger partial charge in [0, 0.05) is 25.8 Å². The van der Waals surface area contributed by atoms with E-state index in [0.717, 1.165) is 22.3 Å². The number of nitrogens with one attached hydrogen (secondary N) is 1. The molecule has 5 heteroatoms. The molecule has 4 nitrogen and oxygen atoms in total. The summed E-state index contributed by atoms with van der Waals surface area (Å²) >= 11 is 3.47. The number of nitrogens with zero attached hydrogens (tertiary/aromatic N) is 1. The van der Waals surface area contributed by atoms with Gasteiger partial charge < -0.3 is 14.8 Å². The molecule has 1 aromatic rings. The van der Waals surface area contributed by atoms with E-state index in [-0.39, 0.29) is 0 Å². The van der Waals surface area contributed by atoms with Gasteiger partial charge >= 0.3 is 0 Å². The van der Waals surface area contributed by atoms with E-state index < -0.39 is 6.10 Å². The second-order valence-corrected chi connectivity index (χ2v) is 4.90. The van der Waals surface area contributed by atoms with Crippen LogP contribution in [0.4, 0.5) is 0 Å². The highest BCUT2D eigenvalue weighted by Gasteiger charge is 2.13. The maximum absolute atomic E-state index is 8.99. The van der Waals surface area contributed by atoms with E-state index in [9.17, 15) is 0 Å². The number of nitriles is 1. The lowest BCUT2D eigenvalue weighted by atomic mass is 10.2. The lowest BCUT2D eigenvalue weighted by molar-refractivity contribution is 0.198. The smallest absolute Gasteiger partial charge is 0.184 e. The van der Waals surface area contributed by atoms with Gasteiger partial charge in [0.25, 0.3) is 0 Å². The van der Waals surface area contributed by atoms with Crippen LogP contribution in [0, 0.1) is 11.3 Å². The molecule has 1 aromatic carbocycles. The van der Waals surface area contributed by atoms with Crippen molar-refractivity contribution in [3.8, 4) is 11.8 Å². The first-order chi connectivity index (χ1) is 9.22. The Morgan fingerprint density at radius 2 is 2.26 bits per heavy atom. The number of hydrogen-bond acceptors (Lipinski definition) is 4. The number of halogens is 1. The molecule has 1 atom stereocenters. The van der Waals surface area contributed by atoms with E-state index in [4.69, 9.17) is 14.7 Å². The molecule has 1 rings (SSSR count). The van der Waals surface area contributed by atoms with Crippen LogP contribution in [0.15, 0.2) is 22.7 Å². The number of hydrogen-bond donors (Lipinski definition) is 1. The molecule has 0 saturated carbocycles. The third-order valence-electron chi connectivity index (χ3n) is 2.62. The first kappa shape index (κ1) is 16.0. The normalized spacial score (nSPS) is 11.9. The van der Waals surface area contributed by atoms with E-state index in [2.05, 4.69) is 27.3 Å². The summed E-state index contributed by atoms with van der Waals surface area (Å²) in [4.78, 5) is 0. The predicted octanol–water partition coefficient (Wildman–Crippen LogP) is 2.87. The quantitative estimate of drug-likeness (QED) is 0.746. The first-order valence-corrected chi connectivity index (χ1v) is 7.05.